The van der Waals surface area contributed by atoms with Gasteiger partial charge in [-0.1, -0.05) is 24.8 Å². The predicted molar refractivity (Wildman–Crippen MR) is 70.2 cm³/mol. The highest BCUT2D eigenvalue weighted by Gasteiger charge is 2.33. The molecule has 0 atom stereocenters. The van der Waals surface area contributed by atoms with Gasteiger partial charge in [0.1, 0.15) is 0 Å². The molecule has 4 heteroatoms. The van der Waals surface area contributed by atoms with Crippen molar-refractivity contribution < 1.29 is 4.79 Å². The number of carbonyl (C=O) groups is 1. The van der Waals surface area contributed by atoms with Gasteiger partial charge in [0.2, 0.25) is 5.91 Å². The van der Waals surface area contributed by atoms with Crippen molar-refractivity contribution in [2.24, 2.45) is 7.05 Å². The minimum Gasteiger partial charge on any atom is -0.338 e. The van der Waals surface area contributed by atoms with Crippen LogP contribution in [0.1, 0.15) is 11.6 Å². The zero-order chi connectivity index (χ0) is 12.7. The van der Waals surface area contributed by atoms with E-state index in [0.29, 0.717) is 5.92 Å². The van der Waals surface area contributed by atoms with Crippen LogP contribution in [0.4, 0.5) is 0 Å². The van der Waals surface area contributed by atoms with Crippen LogP contribution in [0, 0.1) is 0 Å². The van der Waals surface area contributed by atoms with Crippen molar-refractivity contribution in [2.45, 2.75) is 5.92 Å². The minimum absolute atomic E-state index is 0.00601. The Balaban J connectivity index is 1.89. The first-order valence-corrected chi connectivity index (χ1v) is 6.03. The second kappa shape index (κ2) is 3.98. The van der Waals surface area contributed by atoms with Crippen molar-refractivity contribution in [3.8, 4) is 0 Å². The Bertz CT molecular complexity index is 623. The van der Waals surface area contributed by atoms with Crippen LogP contribution in [0.25, 0.3) is 10.9 Å². The van der Waals surface area contributed by atoms with E-state index in [1.807, 2.05) is 23.9 Å². The lowest BCUT2D eigenvalue weighted by molar-refractivity contribution is -0.130. The lowest BCUT2D eigenvalue weighted by atomic mass is 9.94. The fourth-order valence-corrected chi connectivity index (χ4v) is 2.50. The molecule has 3 rings (SSSR count). The molecule has 0 bridgehead atoms. The third-order valence-electron chi connectivity index (χ3n) is 3.54. The molecular formula is C14H15N3O. The first-order chi connectivity index (χ1) is 8.70. The summed E-state index contributed by atoms with van der Waals surface area (Å²) in [6, 6.07) is 8.20. The molecule has 1 aromatic carbocycles. The van der Waals surface area contributed by atoms with E-state index in [2.05, 4.69) is 23.8 Å². The molecule has 1 aliphatic rings. The zero-order valence-electron chi connectivity index (χ0n) is 10.3. The monoisotopic (exact) mass is 241 g/mol. The molecule has 1 aromatic heterocycles. The summed E-state index contributed by atoms with van der Waals surface area (Å²) in [4.78, 5) is 13.2. The topological polar surface area (TPSA) is 38.1 Å². The normalized spacial score (nSPS) is 15.7. The van der Waals surface area contributed by atoms with E-state index in [1.165, 1.54) is 11.5 Å². The fourth-order valence-electron chi connectivity index (χ4n) is 2.50. The first kappa shape index (κ1) is 11.0. The van der Waals surface area contributed by atoms with Crippen LogP contribution < -0.4 is 0 Å². The SMILES string of the molecule is C=CC(=O)N1CC(c2nn(C)c3ccccc23)C1. The summed E-state index contributed by atoms with van der Waals surface area (Å²) in [6.07, 6.45) is 1.37. The Kier molecular flexibility index (Phi) is 2.44. The maximum atomic E-state index is 11.4. The third-order valence-corrected chi connectivity index (χ3v) is 3.54. The highest BCUT2D eigenvalue weighted by molar-refractivity contribution is 5.88. The van der Waals surface area contributed by atoms with Crippen molar-refractivity contribution in [3.63, 3.8) is 0 Å². The lowest BCUT2D eigenvalue weighted by Crippen LogP contribution is -2.47. The molecule has 2 heterocycles. The summed E-state index contributed by atoms with van der Waals surface area (Å²) in [6.45, 7) is 4.99. The number of fused-ring (bicyclic) bond motifs is 1. The van der Waals surface area contributed by atoms with Gasteiger partial charge in [-0.05, 0) is 12.1 Å². The standard InChI is InChI=1S/C14H15N3O/c1-3-13(18)17-8-10(9-17)14-11-6-4-5-7-12(11)16(2)15-14/h3-7,10H,1,8-9H2,2H3. The van der Waals surface area contributed by atoms with Crippen LogP contribution in [0.3, 0.4) is 0 Å². The van der Waals surface area contributed by atoms with Gasteiger partial charge in [-0.3, -0.25) is 9.48 Å². The molecule has 1 amide bonds. The van der Waals surface area contributed by atoms with E-state index in [1.54, 1.807) is 4.90 Å². The van der Waals surface area contributed by atoms with Gasteiger partial charge in [0.25, 0.3) is 0 Å². The number of nitrogens with zero attached hydrogens (tertiary/aromatic N) is 3. The maximum Gasteiger partial charge on any atom is 0.245 e. The average molecular weight is 241 g/mol. The molecule has 2 aromatic rings. The molecule has 0 saturated carbocycles. The number of hydrogen-bond donors (Lipinski definition) is 0. The number of aryl methyl sites for hydroxylation is 1. The van der Waals surface area contributed by atoms with Crippen molar-refractivity contribution in [2.75, 3.05) is 13.1 Å². The van der Waals surface area contributed by atoms with E-state index in [-0.39, 0.29) is 5.91 Å². The number of rotatable bonds is 2. The summed E-state index contributed by atoms with van der Waals surface area (Å²) in [5.74, 6) is 0.353. The minimum atomic E-state index is 0.00601. The molecule has 1 aliphatic heterocycles. The molecule has 18 heavy (non-hydrogen) atoms. The second-order valence-corrected chi connectivity index (χ2v) is 4.67. The summed E-state index contributed by atoms with van der Waals surface area (Å²) in [5.41, 5.74) is 2.24. The Morgan fingerprint density at radius 3 is 2.89 bits per heavy atom. The van der Waals surface area contributed by atoms with E-state index in [0.717, 1.165) is 24.3 Å². The predicted octanol–water partition coefficient (Wildman–Crippen LogP) is 1.69. The molecular weight excluding hydrogens is 226 g/mol. The molecule has 0 radical (unpaired) electrons. The second-order valence-electron chi connectivity index (χ2n) is 4.67. The Morgan fingerprint density at radius 2 is 2.17 bits per heavy atom. The first-order valence-electron chi connectivity index (χ1n) is 6.03. The largest absolute Gasteiger partial charge is 0.338 e. The van der Waals surface area contributed by atoms with Gasteiger partial charge in [0.15, 0.2) is 0 Å². The Labute approximate surface area is 106 Å². The molecule has 1 fully saturated rings. The van der Waals surface area contributed by atoms with E-state index in [4.69, 9.17) is 0 Å². The molecule has 0 spiro atoms. The number of aromatic nitrogens is 2. The van der Waals surface area contributed by atoms with Crippen molar-refractivity contribution in [3.05, 3.63) is 42.6 Å². The Hall–Kier alpha value is -2.10. The van der Waals surface area contributed by atoms with Gasteiger partial charge >= 0.3 is 0 Å². The number of hydrogen-bond acceptors (Lipinski definition) is 2. The van der Waals surface area contributed by atoms with Crippen molar-refractivity contribution in [1.82, 2.24) is 14.7 Å². The van der Waals surface area contributed by atoms with Gasteiger partial charge in [-0.15, -0.1) is 0 Å². The van der Waals surface area contributed by atoms with Crippen molar-refractivity contribution in [1.29, 1.82) is 0 Å². The quantitative estimate of drug-likeness (QED) is 0.750. The molecule has 92 valence electrons. The van der Waals surface area contributed by atoms with Gasteiger partial charge < -0.3 is 4.90 Å². The van der Waals surface area contributed by atoms with Crippen LogP contribution in [0.15, 0.2) is 36.9 Å². The summed E-state index contributed by atoms with van der Waals surface area (Å²) in [5, 5.41) is 5.77. The van der Waals surface area contributed by atoms with Crippen LogP contribution in [-0.4, -0.2) is 33.7 Å². The molecule has 4 nitrogen and oxygen atoms in total. The number of benzene rings is 1. The van der Waals surface area contributed by atoms with Crippen LogP contribution in [0.5, 0.6) is 0 Å². The number of amides is 1. The fraction of sp³-hybridized carbons (Fsp3) is 0.286. The van der Waals surface area contributed by atoms with Crippen molar-refractivity contribution >= 4 is 16.8 Å². The third kappa shape index (κ3) is 1.53. The van der Waals surface area contributed by atoms with Crippen LogP contribution in [0.2, 0.25) is 0 Å². The van der Waals surface area contributed by atoms with E-state index >= 15 is 0 Å². The number of para-hydroxylation sites is 1. The average Bonchev–Trinajstić information content (AvgIpc) is 2.66. The number of carbonyl (C=O) groups excluding carboxylic acids is 1. The van der Waals surface area contributed by atoms with Gasteiger partial charge in [-0.25, -0.2) is 0 Å². The highest BCUT2D eigenvalue weighted by Crippen LogP contribution is 2.31. The molecule has 1 saturated heterocycles. The molecule has 0 N–H and O–H groups in total. The Morgan fingerprint density at radius 1 is 1.44 bits per heavy atom. The van der Waals surface area contributed by atoms with Crippen LogP contribution in [-0.2, 0) is 11.8 Å². The summed E-state index contributed by atoms with van der Waals surface area (Å²) >= 11 is 0. The lowest BCUT2D eigenvalue weighted by Gasteiger charge is -2.37. The van der Waals surface area contributed by atoms with E-state index in [9.17, 15) is 4.79 Å². The summed E-state index contributed by atoms with van der Waals surface area (Å²) < 4.78 is 1.91. The smallest absolute Gasteiger partial charge is 0.245 e. The molecule has 0 unspecified atom stereocenters. The van der Waals surface area contributed by atoms with Gasteiger partial charge in [-0.2, -0.15) is 5.10 Å². The van der Waals surface area contributed by atoms with Gasteiger partial charge in [0, 0.05) is 31.4 Å². The van der Waals surface area contributed by atoms with E-state index < -0.39 is 0 Å². The van der Waals surface area contributed by atoms with Crippen LogP contribution >= 0.6 is 0 Å². The number of likely N-dealkylation sites (tertiary alicyclic amines) is 1. The summed E-state index contributed by atoms with van der Waals surface area (Å²) in [7, 11) is 1.96. The zero-order valence-corrected chi connectivity index (χ0v) is 10.3. The maximum absolute atomic E-state index is 11.4. The molecule has 0 aliphatic carbocycles. The van der Waals surface area contributed by atoms with Gasteiger partial charge in [0.05, 0.1) is 11.2 Å². The highest BCUT2D eigenvalue weighted by atomic mass is 16.2.